The van der Waals surface area contributed by atoms with Crippen molar-refractivity contribution in [3.63, 3.8) is 0 Å². The summed E-state index contributed by atoms with van der Waals surface area (Å²) in [7, 11) is 1.42. The quantitative estimate of drug-likeness (QED) is 0.740. The lowest BCUT2D eigenvalue weighted by Gasteiger charge is -2.34. The average Bonchev–Trinajstić information content (AvgIpc) is 2.14. The van der Waals surface area contributed by atoms with Gasteiger partial charge in [-0.1, -0.05) is 20.3 Å². The molecule has 0 rings (SSSR count). The standard InChI is InChI=1S/C12H23NO4/c1-7-8(2)9(10(14)15)13(6)11(16)17-12(3,4)5/h8-9H,7H2,1-6H3,(H,14,15)/p-1/t8-,9+/m0/s1. The van der Waals surface area contributed by atoms with E-state index in [2.05, 4.69) is 0 Å². The van der Waals surface area contributed by atoms with E-state index in [-0.39, 0.29) is 5.92 Å². The summed E-state index contributed by atoms with van der Waals surface area (Å²) in [6, 6.07) is -0.963. The molecule has 0 heterocycles. The molecule has 0 unspecified atom stereocenters. The van der Waals surface area contributed by atoms with Crippen LogP contribution in [-0.2, 0) is 9.53 Å². The summed E-state index contributed by atoms with van der Waals surface area (Å²) in [4.78, 5) is 23.9. The van der Waals surface area contributed by atoms with Crippen LogP contribution in [0.15, 0.2) is 0 Å². The fraction of sp³-hybridized carbons (Fsp3) is 0.833. The van der Waals surface area contributed by atoms with Gasteiger partial charge in [-0.05, 0) is 26.7 Å². The predicted molar refractivity (Wildman–Crippen MR) is 62.2 cm³/mol. The zero-order valence-corrected chi connectivity index (χ0v) is 11.4. The summed E-state index contributed by atoms with van der Waals surface area (Å²) in [6.45, 7) is 8.83. The highest BCUT2D eigenvalue weighted by Gasteiger charge is 2.29. The Kier molecular flexibility index (Phi) is 5.45. The molecule has 0 N–H and O–H groups in total. The van der Waals surface area contributed by atoms with E-state index < -0.39 is 23.7 Å². The summed E-state index contributed by atoms with van der Waals surface area (Å²) >= 11 is 0. The zero-order valence-electron chi connectivity index (χ0n) is 11.4. The summed E-state index contributed by atoms with van der Waals surface area (Å²) in [6.07, 6.45) is -0.00167. The molecular weight excluding hydrogens is 222 g/mol. The lowest BCUT2D eigenvalue weighted by molar-refractivity contribution is -0.312. The Labute approximate surface area is 103 Å². The van der Waals surface area contributed by atoms with Crippen molar-refractivity contribution in [1.82, 2.24) is 4.90 Å². The van der Waals surface area contributed by atoms with Crippen LogP contribution in [0.4, 0.5) is 4.79 Å². The molecular formula is C12H22NO4-. The van der Waals surface area contributed by atoms with Crippen LogP contribution in [0, 0.1) is 5.92 Å². The molecule has 100 valence electrons. The normalized spacial score (nSPS) is 14.9. The van der Waals surface area contributed by atoms with Gasteiger partial charge in [0.05, 0.1) is 12.0 Å². The molecule has 0 fully saturated rings. The maximum Gasteiger partial charge on any atom is 0.410 e. The van der Waals surface area contributed by atoms with Crippen molar-refractivity contribution < 1.29 is 19.4 Å². The van der Waals surface area contributed by atoms with Gasteiger partial charge in [0.15, 0.2) is 0 Å². The summed E-state index contributed by atoms with van der Waals surface area (Å²) in [5.74, 6) is -1.44. The Hall–Kier alpha value is -1.26. The molecule has 0 saturated heterocycles. The Balaban J connectivity index is 4.79. The topological polar surface area (TPSA) is 69.7 Å². The summed E-state index contributed by atoms with van der Waals surface area (Å²) in [5, 5.41) is 11.1. The molecule has 5 heteroatoms. The lowest BCUT2D eigenvalue weighted by atomic mass is 9.98. The Bertz CT molecular complexity index is 283. The summed E-state index contributed by atoms with van der Waals surface area (Å²) in [5.41, 5.74) is -0.642. The second kappa shape index (κ2) is 5.89. The molecule has 0 aromatic rings. The van der Waals surface area contributed by atoms with Crippen molar-refractivity contribution in [1.29, 1.82) is 0 Å². The number of likely N-dealkylation sites (N-methyl/N-ethyl adjacent to an activating group) is 1. The third-order valence-corrected chi connectivity index (χ3v) is 2.52. The number of carboxylic acid groups (broad SMARTS) is 1. The van der Waals surface area contributed by atoms with E-state index in [9.17, 15) is 14.7 Å². The lowest BCUT2D eigenvalue weighted by Crippen LogP contribution is -2.53. The highest BCUT2D eigenvalue weighted by Crippen LogP contribution is 2.16. The Morgan fingerprint density at radius 1 is 1.35 bits per heavy atom. The van der Waals surface area contributed by atoms with Crippen molar-refractivity contribution in [2.45, 2.75) is 52.7 Å². The Morgan fingerprint density at radius 2 is 1.82 bits per heavy atom. The molecule has 0 saturated carbocycles. The highest BCUT2D eigenvalue weighted by molar-refractivity contribution is 5.78. The van der Waals surface area contributed by atoms with Crippen LogP contribution in [0.25, 0.3) is 0 Å². The highest BCUT2D eigenvalue weighted by atomic mass is 16.6. The minimum atomic E-state index is -1.26. The maximum absolute atomic E-state index is 11.7. The van der Waals surface area contributed by atoms with Gasteiger partial charge in [-0.25, -0.2) is 4.79 Å². The van der Waals surface area contributed by atoms with E-state index in [1.807, 2.05) is 6.92 Å². The molecule has 2 atom stereocenters. The van der Waals surface area contributed by atoms with Crippen LogP contribution in [0.2, 0.25) is 0 Å². The molecule has 1 amide bonds. The molecule has 0 aliphatic heterocycles. The van der Waals surface area contributed by atoms with Gasteiger partial charge in [0.2, 0.25) is 0 Å². The molecule has 17 heavy (non-hydrogen) atoms. The SMILES string of the molecule is CC[C@H](C)[C@H](C(=O)[O-])N(C)C(=O)OC(C)(C)C. The van der Waals surface area contributed by atoms with Crippen LogP contribution >= 0.6 is 0 Å². The fourth-order valence-corrected chi connectivity index (χ4v) is 1.44. The van der Waals surface area contributed by atoms with E-state index in [0.29, 0.717) is 6.42 Å². The molecule has 0 aromatic carbocycles. The van der Waals surface area contributed by atoms with Gasteiger partial charge in [-0.2, -0.15) is 0 Å². The van der Waals surface area contributed by atoms with E-state index in [1.165, 1.54) is 7.05 Å². The van der Waals surface area contributed by atoms with Crippen LogP contribution in [0.5, 0.6) is 0 Å². The molecule has 0 aliphatic rings. The van der Waals surface area contributed by atoms with Crippen molar-refractivity contribution in [3.05, 3.63) is 0 Å². The largest absolute Gasteiger partial charge is 0.548 e. The molecule has 0 bridgehead atoms. The first-order chi connectivity index (χ1) is 7.60. The van der Waals surface area contributed by atoms with Crippen molar-refractivity contribution in [2.75, 3.05) is 7.05 Å². The summed E-state index contributed by atoms with van der Waals surface area (Å²) < 4.78 is 5.12. The number of amides is 1. The minimum absolute atomic E-state index is 0.183. The van der Waals surface area contributed by atoms with Crippen molar-refractivity contribution >= 4 is 12.1 Å². The third kappa shape index (κ3) is 5.06. The molecule has 0 radical (unpaired) electrons. The van der Waals surface area contributed by atoms with Crippen LogP contribution in [0.3, 0.4) is 0 Å². The van der Waals surface area contributed by atoms with Crippen LogP contribution < -0.4 is 5.11 Å². The predicted octanol–water partition coefficient (Wildman–Crippen LogP) is 1.02. The second-order valence-electron chi connectivity index (χ2n) is 5.24. The van der Waals surface area contributed by atoms with Gasteiger partial charge < -0.3 is 19.5 Å². The average molecular weight is 244 g/mol. The minimum Gasteiger partial charge on any atom is -0.548 e. The first-order valence-corrected chi connectivity index (χ1v) is 5.76. The van der Waals surface area contributed by atoms with Gasteiger partial charge in [0.1, 0.15) is 5.60 Å². The van der Waals surface area contributed by atoms with E-state index in [1.54, 1.807) is 27.7 Å². The number of aliphatic carboxylic acids is 1. The molecule has 0 spiro atoms. The van der Waals surface area contributed by atoms with Gasteiger partial charge in [-0.15, -0.1) is 0 Å². The number of carboxylic acids is 1. The smallest absolute Gasteiger partial charge is 0.410 e. The monoisotopic (exact) mass is 244 g/mol. The molecule has 0 aliphatic carbocycles. The number of carbonyl (C=O) groups is 2. The van der Waals surface area contributed by atoms with Gasteiger partial charge in [0, 0.05) is 7.05 Å². The van der Waals surface area contributed by atoms with Gasteiger partial charge in [0.25, 0.3) is 0 Å². The maximum atomic E-state index is 11.7. The number of hydrogen-bond acceptors (Lipinski definition) is 4. The molecule has 5 nitrogen and oxygen atoms in total. The van der Waals surface area contributed by atoms with Crippen LogP contribution in [0.1, 0.15) is 41.0 Å². The first kappa shape index (κ1) is 15.7. The first-order valence-electron chi connectivity index (χ1n) is 5.76. The third-order valence-electron chi connectivity index (χ3n) is 2.52. The number of hydrogen-bond donors (Lipinski definition) is 0. The number of nitrogens with zero attached hydrogens (tertiary/aromatic N) is 1. The van der Waals surface area contributed by atoms with E-state index in [0.717, 1.165) is 4.90 Å². The second-order valence-corrected chi connectivity index (χ2v) is 5.24. The van der Waals surface area contributed by atoms with Gasteiger partial charge >= 0.3 is 6.09 Å². The zero-order chi connectivity index (χ0) is 13.8. The number of carbonyl (C=O) groups excluding carboxylic acids is 2. The fourth-order valence-electron chi connectivity index (χ4n) is 1.44. The molecule has 0 aromatic heterocycles. The van der Waals surface area contributed by atoms with E-state index >= 15 is 0 Å². The van der Waals surface area contributed by atoms with Gasteiger partial charge in [-0.3, -0.25) is 0 Å². The van der Waals surface area contributed by atoms with Crippen molar-refractivity contribution in [3.8, 4) is 0 Å². The number of ether oxygens (including phenoxy) is 1. The number of rotatable bonds is 4. The van der Waals surface area contributed by atoms with Crippen molar-refractivity contribution in [2.24, 2.45) is 5.92 Å². The van der Waals surface area contributed by atoms with E-state index in [4.69, 9.17) is 4.74 Å². The Morgan fingerprint density at radius 3 is 2.12 bits per heavy atom. The van der Waals surface area contributed by atoms with Crippen LogP contribution in [-0.4, -0.2) is 35.7 Å².